The minimum atomic E-state index is -0.317. The van der Waals surface area contributed by atoms with E-state index in [0.29, 0.717) is 34.1 Å². The van der Waals surface area contributed by atoms with Crippen LogP contribution in [0.3, 0.4) is 0 Å². The molecule has 0 spiro atoms. The summed E-state index contributed by atoms with van der Waals surface area (Å²) in [6, 6.07) is 7.53. The number of aromatic nitrogens is 3. The number of aromatic amines is 1. The number of carbonyl (C=O) groups is 1. The number of likely N-dealkylation sites (tertiary alicyclic amines) is 1. The Balaban J connectivity index is 1.66. The van der Waals surface area contributed by atoms with Gasteiger partial charge in [0.25, 0.3) is 5.91 Å². The van der Waals surface area contributed by atoms with Crippen molar-refractivity contribution in [3.05, 3.63) is 58.9 Å². The van der Waals surface area contributed by atoms with Crippen LogP contribution in [-0.2, 0) is 0 Å². The van der Waals surface area contributed by atoms with Gasteiger partial charge in [-0.25, -0.2) is 14.4 Å². The number of halogens is 2. The second-order valence-corrected chi connectivity index (χ2v) is 6.24. The van der Waals surface area contributed by atoms with E-state index in [4.69, 9.17) is 11.6 Å². The van der Waals surface area contributed by atoms with Crippen molar-refractivity contribution >= 4 is 28.5 Å². The number of rotatable bonds is 2. The second-order valence-electron chi connectivity index (χ2n) is 5.80. The molecule has 2 aromatic heterocycles. The van der Waals surface area contributed by atoms with Crippen molar-refractivity contribution in [3.63, 3.8) is 0 Å². The number of imidazole rings is 1. The van der Waals surface area contributed by atoms with E-state index in [1.54, 1.807) is 23.1 Å². The van der Waals surface area contributed by atoms with Crippen LogP contribution >= 0.6 is 11.6 Å². The Hall–Kier alpha value is -2.47. The lowest BCUT2D eigenvalue weighted by atomic mass is 10.2. The van der Waals surface area contributed by atoms with Crippen molar-refractivity contribution < 1.29 is 9.18 Å². The highest BCUT2D eigenvalue weighted by atomic mass is 35.5. The van der Waals surface area contributed by atoms with E-state index in [9.17, 15) is 9.18 Å². The van der Waals surface area contributed by atoms with Crippen LogP contribution in [0, 0.1) is 5.82 Å². The lowest BCUT2D eigenvalue weighted by molar-refractivity contribution is 0.0724. The van der Waals surface area contributed by atoms with Crippen LogP contribution < -0.4 is 0 Å². The Morgan fingerprint density at radius 1 is 1.33 bits per heavy atom. The molecule has 0 aliphatic carbocycles. The van der Waals surface area contributed by atoms with Gasteiger partial charge in [-0.3, -0.25) is 4.79 Å². The molecule has 1 atom stereocenters. The third kappa shape index (κ3) is 2.63. The maximum absolute atomic E-state index is 13.4. The minimum absolute atomic E-state index is 0.152. The molecule has 4 rings (SSSR count). The molecule has 122 valence electrons. The SMILES string of the molecule is O=C(c1ccc(Cl)cn1)N1CCCC1c1nc2ccc(F)cc2[nH]1. The largest absolute Gasteiger partial charge is 0.340 e. The van der Waals surface area contributed by atoms with Gasteiger partial charge in [0.1, 0.15) is 17.3 Å². The van der Waals surface area contributed by atoms with Crippen LogP contribution in [0.2, 0.25) is 5.02 Å². The smallest absolute Gasteiger partial charge is 0.273 e. The van der Waals surface area contributed by atoms with Gasteiger partial charge < -0.3 is 9.88 Å². The van der Waals surface area contributed by atoms with E-state index in [-0.39, 0.29) is 17.8 Å². The molecule has 1 saturated heterocycles. The van der Waals surface area contributed by atoms with Gasteiger partial charge in [-0.15, -0.1) is 0 Å². The van der Waals surface area contributed by atoms with Crippen LogP contribution in [0.5, 0.6) is 0 Å². The number of nitrogens with one attached hydrogen (secondary N) is 1. The summed E-state index contributed by atoms with van der Waals surface area (Å²) in [6.45, 7) is 0.638. The molecule has 1 aliphatic heterocycles. The molecule has 24 heavy (non-hydrogen) atoms. The number of amides is 1. The molecule has 0 radical (unpaired) electrons. The Labute approximate surface area is 142 Å². The molecule has 5 nitrogen and oxygen atoms in total. The molecule has 1 N–H and O–H groups in total. The zero-order chi connectivity index (χ0) is 16.7. The highest BCUT2D eigenvalue weighted by Gasteiger charge is 2.33. The van der Waals surface area contributed by atoms with E-state index in [0.717, 1.165) is 12.8 Å². The zero-order valence-electron chi connectivity index (χ0n) is 12.7. The van der Waals surface area contributed by atoms with E-state index in [1.807, 2.05) is 0 Å². The van der Waals surface area contributed by atoms with Gasteiger partial charge >= 0.3 is 0 Å². The Kier molecular flexibility index (Phi) is 3.69. The lowest BCUT2D eigenvalue weighted by Crippen LogP contribution is -2.31. The van der Waals surface area contributed by atoms with E-state index in [1.165, 1.54) is 18.3 Å². The minimum Gasteiger partial charge on any atom is -0.340 e. The van der Waals surface area contributed by atoms with E-state index >= 15 is 0 Å². The summed E-state index contributed by atoms with van der Waals surface area (Å²) in [5, 5.41) is 0.490. The number of benzene rings is 1. The van der Waals surface area contributed by atoms with Crippen molar-refractivity contribution in [1.82, 2.24) is 19.9 Å². The van der Waals surface area contributed by atoms with E-state index < -0.39 is 0 Å². The van der Waals surface area contributed by atoms with Crippen molar-refractivity contribution in [2.75, 3.05) is 6.54 Å². The number of pyridine rings is 1. The maximum Gasteiger partial charge on any atom is 0.273 e. The molecule has 3 aromatic rings. The van der Waals surface area contributed by atoms with Crippen molar-refractivity contribution in [2.24, 2.45) is 0 Å². The number of hydrogen-bond acceptors (Lipinski definition) is 3. The third-order valence-electron chi connectivity index (χ3n) is 4.24. The molecule has 1 amide bonds. The van der Waals surface area contributed by atoms with Crippen LogP contribution in [0.4, 0.5) is 4.39 Å². The molecule has 0 saturated carbocycles. The average molecular weight is 345 g/mol. The molecule has 7 heteroatoms. The normalized spacial score (nSPS) is 17.6. The van der Waals surface area contributed by atoms with Gasteiger partial charge in [-0.05, 0) is 43.2 Å². The number of hydrogen-bond donors (Lipinski definition) is 1. The fourth-order valence-corrected chi connectivity index (χ4v) is 3.21. The van der Waals surface area contributed by atoms with Crippen molar-refractivity contribution in [2.45, 2.75) is 18.9 Å². The monoisotopic (exact) mass is 344 g/mol. The Morgan fingerprint density at radius 2 is 2.21 bits per heavy atom. The van der Waals surface area contributed by atoms with Gasteiger partial charge in [0.15, 0.2) is 0 Å². The lowest BCUT2D eigenvalue weighted by Gasteiger charge is -2.22. The summed E-state index contributed by atoms with van der Waals surface area (Å²) >= 11 is 5.83. The van der Waals surface area contributed by atoms with Crippen LogP contribution in [0.1, 0.15) is 35.2 Å². The molecule has 0 bridgehead atoms. The number of fused-ring (bicyclic) bond motifs is 1. The van der Waals surface area contributed by atoms with E-state index in [2.05, 4.69) is 15.0 Å². The summed E-state index contributed by atoms with van der Waals surface area (Å²) < 4.78 is 13.4. The number of carbonyl (C=O) groups excluding carboxylic acids is 1. The summed E-state index contributed by atoms with van der Waals surface area (Å²) in [4.78, 5) is 26.2. The Bertz CT molecular complexity index is 909. The molecule has 1 aromatic carbocycles. The summed E-state index contributed by atoms with van der Waals surface area (Å²) in [6.07, 6.45) is 3.15. The first kappa shape index (κ1) is 15.1. The predicted molar refractivity (Wildman–Crippen MR) is 88.3 cm³/mol. The molecular weight excluding hydrogens is 331 g/mol. The number of H-pyrrole nitrogens is 1. The van der Waals surface area contributed by atoms with Crippen LogP contribution in [0.25, 0.3) is 11.0 Å². The van der Waals surface area contributed by atoms with Gasteiger partial charge in [-0.1, -0.05) is 11.6 Å². The zero-order valence-corrected chi connectivity index (χ0v) is 13.4. The fraction of sp³-hybridized carbons (Fsp3) is 0.235. The molecule has 1 fully saturated rings. The number of nitrogens with zero attached hydrogens (tertiary/aromatic N) is 3. The second kappa shape index (κ2) is 5.87. The fourth-order valence-electron chi connectivity index (χ4n) is 3.10. The standard InChI is InChI=1S/C17H14ClFN4O/c18-10-3-5-13(20-9-10)17(24)23-7-1-2-15(23)16-21-12-6-4-11(19)8-14(12)22-16/h3-6,8-9,15H,1-2,7H2,(H,21,22). The highest BCUT2D eigenvalue weighted by Crippen LogP contribution is 2.32. The average Bonchev–Trinajstić information content (AvgIpc) is 3.20. The first-order valence-corrected chi connectivity index (χ1v) is 8.07. The first-order valence-electron chi connectivity index (χ1n) is 7.69. The van der Waals surface area contributed by atoms with Crippen molar-refractivity contribution in [3.8, 4) is 0 Å². The van der Waals surface area contributed by atoms with Gasteiger partial charge in [0, 0.05) is 12.7 Å². The summed E-state index contributed by atoms with van der Waals surface area (Å²) in [7, 11) is 0. The third-order valence-corrected chi connectivity index (χ3v) is 4.46. The van der Waals surface area contributed by atoms with Crippen molar-refractivity contribution in [1.29, 1.82) is 0 Å². The van der Waals surface area contributed by atoms with Crippen LogP contribution in [0.15, 0.2) is 36.5 Å². The van der Waals surface area contributed by atoms with Gasteiger partial charge in [0.05, 0.1) is 22.1 Å². The topological polar surface area (TPSA) is 61.9 Å². The van der Waals surface area contributed by atoms with Gasteiger partial charge in [0.2, 0.25) is 0 Å². The quantitative estimate of drug-likeness (QED) is 0.770. The maximum atomic E-state index is 13.4. The van der Waals surface area contributed by atoms with Gasteiger partial charge in [-0.2, -0.15) is 0 Å². The molecule has 1 aliphatic rings. The van der Waals surface area contributed by atoms with Crippen LogP contribution in [-0.4, -0.2) is 32.3 Å². The summed E-state index contributed by atoms with van der Waals surface area (Å²) in [5.41, 5.74) is 1.68. The molecular formula is C17H14ClFN4O. The predicted octanol–water partition coefficient (Wildman–Crippen LogP) is 3.73. The Morgan fingerprint density at radius 3 is 3.00 bits per heavy atom. The molecule has 3 heterocycles. The first-order chi connectivity index (χ1) is 11.6. The summed E-state index contributed by atoms with van der Waals surface area (Å²) in [5.74, 6) is 0.207. The highest BCUT2D eigenvalue weighted by molar-refractivity contribution is 6.30. The molecule has 1 unspecified atom stereocenters.